The van der Waals surface area contributed by atoms with Crippen molar-refractivity contribution in [2.24, 2.45) is 0 Å². The highest BCUT2D eigenvalue weighted by Gasteiger charge is 2.34. The third-order valence-corrected chi connectivity index (χ3v) is 5.84. The number of benzene rings is 1. The zero-order valence-electron chi connectivity index (χ0n) is 12.4. The van der Waals surface area contributed by atoms with Crippen LogP contribution >= 0.6 is 0 Å². The van der Waals surface area contributed by atoms with Crippen LogP contribution in [0.15, 0.2) is 36.5 Å². The SMILES string of the molecule is CCN(C(=O)c1cnc2ccccc2c1)C1CCS(=O)(=O)C1. The maximum Gasteiger partial charge on any atom is 0.255 e. The van der Waals surface area contributed by atoms with E-state index in [1.807, 2.05) is 37.3 Å². The number of aromatic nitrogens is 1. The van der Waals surface area contributed by atoms with Crippen molar-refractivity contribution in [2.45, 2.75) is 19.4 Å². The molecule has 1 saturated heterocycles. The van der Waals surface area contributed by atoms with E-state index in [2.05, 4.69) is 4.98 Å². The molecular weight excluding hydrogens is 300 g/mol. The average Bonchev–Trinajstić information content (AvgIpc) is 2.87. The molecule has 116 valence electrons. The number of nitrogens with zero attached hydrogens (tertiary/aromatic N) is 2. The minimum Gasteiger partial charge on any atom is -0.335 e. The van der Waals surface area contributed by atoms with E-state index in [-0.39, 0.29) is 23.5 Å². The Hall–Kier alpha value is -1.95. The van der Waals surface area contributed by atoms with Crippen molar-refractivity contribution in [1.82, 2.24) is 9.88 Å². The maximum atomic E-state index is 12.7. The highest BCUT2D eigenvalue weighted by Crippen LogP contribution is 2.21. The van der Waals surface area contributed by atoms with E-state index in [9.17, 15) is 13.2 Å². The molecule has 0 radical (unpaired) electrons. The predicted octanol–water partition coefficient (Wildman–Crippen LogP) is 1.88. The van der Waals surface area contributed by atoms with Crippen molar-refractivity contribution in [2.75, 3.05) is 18.1 Å². The fourth-order valence-corrected chi connectivity index (χ4v) is 4.67. The molecule has 1 aromatic carbocycles. The summed E-state index contributed by atoms with van der Waals surface area (Å²) in [4.78, 5) is 18.7. The monoisotopic (exact) mass is 318 g/mol. The standard InChI is InChI=1S/C16H18N2O3S/c1-2-18(14-7-8-22(20,21)11-14)16(19)13-9-12-5-3-4-6-15(12)17-10-13/h3-6,9-10,14H,2,7-8,11H2,1H3. The highest BCUT2D eigenvalue weighted by molar-refractivity contribution is 7.91. The summed E-state index contributed by atoms with van der Waals surface area (Å²) in [7, 11) is -3.01. The van der Waals surface area contributed by atoms with Gasteiger partial charge < -0.3 is 4.90 Å². The van der Waals surface area contributed by atoms with Crippen LogP contribution in [0.1, 0.15) is 23.7 Å². The lowest BCUT2D eigenvalue weighted by atomic mass is 10.1. The van der Waals surface area contributed by atoms with Gasteiger partial charge in [0.05, 0.1) is 22.6 Å². The molecule has 2 aromatic rings. The number of carbonyl (C=O) groups excluding carboxylic acids is 1. The molecule has 1 amide bonds. The molecule has 1 aliphatic rings. The first-order chi connectivity index (χ1) is 10.5. The lowest BCUT2D eigenvalue weighted by molar-refractivity contribution is 0.0708. The fourth-order valence-electron chi connectivity index (χ4n) is 2.94. The van der Waals surface area contributed by atoms with E-state index in [1.165, 1.54) is 0 Å². The van der Waals surface area contributed by atoms with Crippen LogP contribution in [0.3, 0.4) is 0 Å². The molecule has 1 unspecified atom stereocenters. The molecule has 5 nitrogen and oxygen atoms in total. The lowest BCUT2D eigenvalue weighted by Gasteiger charge is -2.26. The van der Waals surface area contributed by atoms with Crippen LogP contribution in [-0.2, 0) is 9.84 Å². The van der Waals surface area contributed by atoms with Crippen LogP contribution in [0, 0.1) is 0 Å². The van der Waals surface area contributed by atoms with Crippen LogP contribution in [-0.4, -0.2) is 48.3 Å². The van der Waals surface area contributed by atoms with Crippen molar-refractivity contribution in [3.05, 3.63) is 42.1 Å². The van der Waals surface area contributed by atoms with Gasteiger partial charge in [-0.2, -0.15) is 0 Å². The van der Waals surface area contributed by atoms with Gasteiger partial charge in [-0.15, -0.1) is 0 Å². The summed E-state index contributed by atoms with van der Waals surface area (Å²) >= 11 is 0. The molecule has 1 atom stereocenters. The smallest absolute Gasteiger partial charge is 0.255 e. The van der Waals surface area contributed by atoms with Gasteiger partial charge in [0.15, 0.2) is 9.84 Å². The Morgan fingerprint density at radius 3 is 2.82 bits per heavy atom. The van der Waals surface area contributed by atoms with Crippen LogP contribution in [0.25, 0.3) is 10.9 Å². The van der Waals surface area contributed by atoms with Gasteiger partial charge in [0.1, 0.15) is 0 Å². The van der Waals surface area contributed by atoms with Gasteiger partial charge in [0.25, 0.3) is 5.91 Å². The second kappa shape index (κ2) is 5.68. The number of sulfone groups is 1. The van der Waals surface area contributed by atoms with Gasteiger partial charge in [-0.05, 0) is 25.5 Å². The minimum atomic E-state index is -3.01. The molecule has 3 rings (SSSR count). The Morgan fingerprint density at radius 1 is 1.36 bits per heavy atom. The normalized spacial score (nSPS) is 20.1. The number of rotatable bonds is 3. The first kappa shape index (κ1) is 15.0. The molecule has 0 saturated carbocycles. The molecule has 0 bridgehead atoms. The van der Waals surface area contributed by atoms with Crippen LogP contribution in [0.2, 0.25) is 0 Å². The number of pyridine rings is 1. The van der Waals surface area contributed by atoms with Crippen LogP contribution in [0.5, 0.6) is 0 Å². The Bertz CT molecular complexity index is 817. The Morgan fingerprint density at radius 2 is 2.14 bits per heavy atom. The van der Waals surface area contributed by atoms with E-state index in [0.29, 0.717) is 18.5 Å². The summed E-state index contributed by atoms with van der Waals surface area (Å²) in [6.07, 6.45) is 2.08. The molecular formula is C16H18N2O3S. The molecule has 2 heterocycles. The van der Waals surface area contributed by atoms with Gasteiger partial charge in [-0.3, -0.25) is 9.78 Å². The summed E-state index contributed by atoms with van der Waals surface area (Å²) in [5, 5.41) is 0.906. The van der Waals surface area contributed by atoms with Crippen molar-refractivity contribution in [3.8, 4) is 0 Å². The summed E-state index contributed by atoms with van der Waals surface area (Å²) in [5.74, 6) is 0.0771. The zero-order valence-corrected chi connectivity index (χ0v) is 13.2. The van der Waals surface area contributed by atoms with E-state index in [1.54, 1.807) is 11.1 Å². The predicted molar refractivity (Wildman–Crippen MR) is 85.5 cm³/mol. The fraction of sp³-hybridized carbons (Fsp3) is 0.375. The Balaban J connectivity index is 1.89. The van der Waals surface area contributed by atoms with E-state index in [0.717, 1.165) is 10.9 Å². The van der Waals surface area contributed by atoms with Gasteiger partial charge in [-0.1, -0.05) is 18.2 Å². The quantitative estimate of drug-likeness (QED) is 0.866. The molecule has 1 aliphatic heterocycles. The molecule has 0 spiro atoms. The van der Waals surface area contributed by atoms with Crippen LogP contribution < -0.4 is 0 Å². The zero-order chi connectivity index (χ0) is 15.7. The Labute approximate surface area is 129 Å². The molecule has 6 heteroatoms. The summed E-state index contributed by atoms with van der Waals surface area (Å²) in [6, 6.07) is 9.20. The first-order valence-corrected chi connectivity index (χ1v) is 9.18. The number of carbonyl (C=O) groups is 1. The minimum absolute atomic E-state index is 0.0631. The summed E-state index contributed by atoms with van der Waals surface area (Å²) in [6.45, 7) is 2.36. The second-order valence-electron chi connectivity index (χ2n) is 5.56. The van der Waals surface area contributed by atoms with Gasteiger partial charge >= 0.3 is 0 Å². The van der Waals surface area contributed by atoms with Crippen molar-refractivity contribution in [3.63, 3.8) is 0 Å². The van der Waals surface area contributed by atoms with E-state index in [4.69, 9.17) is 0 Å². The molecule has 1 aromatic heterocycles. The van der Waals surface area contributed by atoms with Gasteiger partial charge in [0, 0.05) is 24.2 Å². The maximum absolute atomic E-state index is 12.7. The van der Waals surface area contributed by atoms with Crippen molar-refractivity contribution in [1.29, 1.82) is 0 Å². The Kier molecular flexibility index (Phi) is 3.87. The van der Waals surface area contributed by atoms with Gasteiger partial charge in [-0.25, -0.2) is 8.42 Å². The number of hydrogen-bond acceptors (Lipinski definition) is 4. The van der Waals surface area contributed by atoms with E-state index < -0.39 is 9.84 Å². The molecule has 1 fully saturated rings. The highest BCUT2D eigenvalue weighted by atomic mass is 32.2. The third kappa shape index (κ3) is 2.83. The third-order valence-electron chi connectivity index (χ3n) is 4.09. The molecule has 22 heavy (non-hydrogen) atoms. The average molecular weight is 318 g/mol. The number of para-hydroxylation sites is 1. The molecule has 0 aliphatic carbocycles. The topological polar surface area (TPSA) is 67.3 Å². The lowest BCUT2D eigenvalue weighted by Crippen LogP contribution is -2.41. The van der Waals surface area contributed by atoms with Gasteiger partial charge in [0.2, 0.25) is 0 Å². The number of fused-ring (bicyclic) bond motifs is 1. The van der Waals surface area contributed by atoms with Crippen molar-refractivity contribution >= 4 is 26.6 Å². The van der Waals surface area contributed by atoms with Crippen LogP contribution in [0.4, 0.5) is 0 Å². The number of hydrogen-bond donors (Lipinski definition) is 0. The first-order valence-electron chi connectivity index (χ1n) is 7.36. The summed E-state index contributed by atoms with van der Waals surface area (Å²) < 4.78 is 23.3. The van der Waals surface area contributed by atoms with Crippen molar-refractivity contribution < 1.29 is 13.2 Å². The second-order valence-corrected chi connectivity index (χ2v) is 7.79. The number of amides is 1. The molecule has 0 N–H and O–H groups in total. The largest absolute Gasteiger partial charge is 0.335 e. The summed E-state index contributed by atoms with van der Waals surface area (Å²) in [5.41, 5.74) is 1.34. The van der Waals surface area contributed by atoms with E-state index >= 15 is 0 Å².